The highest BCUT2D eigenvalue weighted by Crippen LogP contribution is 2.42. The molecule has 8 heteroatoms. The van der Waals surface area contributed by atoms with Crippen LogP contribution in [0, 0.1) is 5.92 Å². The number of hydrogen-bond acceptors (Lipinski definition) is 6. The van der Waals surface area contributed by atoms with Gasteiger partial charge in [0.2, 0.25) is 0 Å². The minimum Gasteiger partial charge on any atom is -0.508 e. The first-order valence-electron chi connectivity index (χ1n) is 7.90. The van der Waals surface area contributed by atoms with E-state index in [9.17, 15) is 19.5 Å². The lowest BCUT2D eigenvalue weighted by molar-refractivity contribution is -0.144. The second-order valence-electron chi connectivity index (χ2n) is 6.19. The SMILES string of the molecule is C=C1Nc2c(c(=O)n(C)c(=O)n2C)C(c2cccc(O)c2)C1C(=O)OC. The van der Waals surface area contributed by atoms with Crippen LogP contribution in [0.3, 0.4) is 0 Å². The number of fused-ring (bicyclic) bond motifs is 1. The summed E-state index contributed by atoms with van der Waals surface area (Å²) in [6.07, 6.45) is 0. The van der Waals surface area contributed by atoms with E-state index in [1.807, 2.05) is 0 Å². The summed E-state index contributed by atoms with van der Waals surface area (Å²) in [5.74, 6) is -1.95. The Labute approximate surface area is 149 Å². The van der Waals surface area contributed by atoms with Gasteiger partial charge in [0.15, 0.2) is 0 Å². The van der Waals surface area contributed by atoms with Crippen LogP contribution >= 0.6 is 0 Å². The average molecular weight is 357 g/mol. The zero-order chi connectivity index (χ0) is 19.2. The minimum absolute atomic E-state index is 0.00143. The van der Waals surface area contributed by atoms with Crippen molar-refractivity contribution in [2.75, 3.05) is 12.4 Å². The van der Waals surface area contributed by atoms with E-state index in [-0.39, 0.29) is 17.1 Å². The molecule has 1 aromatic carbocycles. The first kappa shape index (κ1) is 17.5. The van der Waals surface area contributed by atoms with Crippen LogP contribution in [0.1, 0.15) is 17.0 Å². The van der Waals surface area contributed by atoms with E-state index in [1.165, 1.54) is 37.9 Å². The number of phenolic OH excluding ortho intramolecular Hbond substituents is 1. The number of esters is 1. The third-order valence-electron chi connectivity index (χ3n) is 4.68. The van der Waals surface area contributed by atoms with Crippen LogP contribution in [0.25, 0.3) is 0 Å². The maximum absolute atomic E-state index is 12.9. The predicted molar refractivity (Wildman–Crippen MR) is 95.1 cm³/mol. The summed E-state index contributed by atoms with van der Waals surface area (Å²) in [6, 6.07) is 6.29. The molecule has 0 fully saturated rings. The van der Waals surface area contributed by atoms with Gasteiger partial charge in [0, 0.05) is 25.7 Å². The molecule has 0 aliphatic carbocycles. The van der Waals surface area contributed by atoms with E-state index in [0.717, 1.165) is 4.57 Å². The number of nitrogens with zero attached hydrogens (tertiary/aromatic N) is 2. The molecule has 0 radical (unpaired) electrons. The largest absolute Gasteiger partial charge is 0.508 e. The van der Waals surface area contributed by atoms with E-state index in [1.54, 1.807) is 12.1 Å². The van der Waals surface area contributed by atoms with E-state index in [2.05, 4.69) is 11.9 Å². The Kier molecular flexibility index (Phi) is 4.19. The van der Waals surface area contributed by atoms with Gasteiger partial charge in [-0.3, -0.25) is 18.7 Å². The fraction of sp³-hybridized carbons (Fsp3) is 0.278. The zero-order valence-corrected chi connectivity index (χ0v) is 14.6. The minimum atomic E-state index is -0.889. The quantitative estimate of drug-likeness (QED) is 0.765. The summed E-state index contributed by atoms with van der Waals surface area (Å²) in [4.78, 5) is 37.6. The molecule has 2 heterocycles. The fourth-order valence-electron chi connectivity index (χ4n) is 3.38. The fourth-order valence-corrected chi connectivity index (χ4v) is 3.38. The van der Waals surface area contributed by atoms with Crippen molar-refractivity contribution >= 4 is 11.8 Å². The van der Waals surface area contributed by atoms with Crippen molar-refractivity contribution in [2.24, 2.45) is 20.0 Å². The molecule has 2 atom stereocenters. The highest BCUT2D eigenvalue weighted by Gasteiger charge is 2.42. The Morgan fingerprint density at radius 2 is 1.96 bits per heavy atom. The van der Waals surface area contributed by atoms with Crippen molar-refractivity contribution < 1.29 is 14.6 Å². The van der Waals surface area contributed by atoms with Gasteiger partial charge in [0.1, 0.15) is 17.5 Å². The number of methoxy groups -OCH3 is 1. The monoisotopic (exact) mass is 357 g/mol. The topological polar surface area (TPSA) is 103 Å². The summed E-state index contributed by atoms with van der Waals surface area (Å²) >= 11 is 0. The molecule has 1 aromatic heterocycles. The van der Waals surface area contributed by atoms with Crippen LogP contribution in [-0.4, -0.2) is 27.3 Å². The van der Waals surface area contributed by atoms with Crippen LogP contribution < -0.4 is 16.6 Å². The lowest BCUT2D eigenvalue weighted by atomic mass is 9.77. The predicted octanol–water partition coefficient (Wildman–Crippen LogP) is 0.650. The van der Waals surface area contributed by atoms with Crippen molar-refractivity contribution in [1.82, 2.24) is 9.13 Å². The molecule has 26 heavy (non-hydrogen) atoms. The Morgan fingerprint density at radius 3 is 2.58 bits per heavy atom. The third kappa shape index (κ3) is 2.50. The number of nitrogens with one attached hydrogen (secondary N) is 1. The number of ether oxygens (including phenoxy) is 1. The maximum Gasteiger partial charge on any atom is 0.332 e. The number of benzene rings is 1. The van der Waals surface area contributed by atoms with Gasteiger partial charge < -0.3 is 15.2 Å². The number of rotatable bonds is 2. The molecule has 2 unspecified atom stereocenters. The smallest absolute Gasteiger partial charge is 0.332 e. The molecule has 1 aliphatic rings. The van der Waals surface area contributed by atoms with Gasteiger partial charge in [-0.1, -0.05) is 18.7 Å². The van der Waals surface area contributed by atoms with Crippen LogP contribution in [-0.2, 0) is 23.6 Å². The summed E-state index contributed by atoms with van der Waals surface area (Å²) in [5.41, 5.74) is 0.0644. The average Bonchev–Trinajstić information content (AvgIpc) is 2.63. The summed E-state index contributed by atoms with van der Waals surface area (Å²) < 4.78 is 7.18. The number of hydrogen-bond donors (Lipinski definition) is 2. The molecule has 2 N–H and O–H groups in total. The highest BCUT2D eigenvalue weighted by molar-refractivity contribution is 5.81. The van der Waals surface area contributed by atoms with E-state index in [4.69, 9.17) is 4.74 Å². The van der Waals surface area contributed by atoms with Crippen LogP contribution in [0.4, 0.5) is 5.82 Å². The lowest BCUT2D eigenvalue weighted by Gasteiger charge is -2.35. The third-order valence-corrected chi connectivity index (χ3v) is 4.68. The molecule has 0 bridgehead atoms. The van der Waals surface area contributed by atoms with Crippen molar-refractivity contribution in [3.8, 4) is 5.75 Å². The summed E-state index contributed by atoms with van der Waals surface area (Å²) in [5, 5.41) is 12.8. The number of aromatic hydroxyl groups is 1. The highest BCUT2D eigenvalue weighted by atomic mass is 16.5. The number of aromatic nitrogens is 2. The lowest BCUT2D eigenvalue weighted by Crippen LogP contribution is -2.46. The number of carbonyl (C=O) groups is 1. The molecule has 8 nitrogen and oxygen atoms in total. The maximum atomic E-state index is 12.9. The molecule has 136 valence electrons. The van der Waals surface area contributed by atoms with Gasteiger partial charge in [0.25, 0.3) is 5.56 Å². The zero-order valence-electron chi connectivity index (χ0n) is 14.6. The first-order chi connectivity index (χ1) is 12.3. The van der Waals surface area contributed by atoms with E-state index in [0.29, 0.717) is 11.3 Å². The summed E-state index contributed by atoms with van der Waals surface area (Å²) in [6.45, 7) is 3.89. The number of carbonyl (C=O) groups excluding carboxylic acids is 1. The molecule has 0 saturated heterocycles. The van der Waals surface area contributed by atoms with Crippen molar-refractivity contribution in [3.05, 3.63) is 68.5 Å². The molecule has 0 saturated carbocycles. The summed E-state index contributed by atoms with van der Waals surface area (Å²) in [7, 11) is 4.16. The van der Waals surface area contributed by atoms with Crippen LogP contribution in [0.2, 0.25) is 0 Å². The van der Waals surface area contributed by atoms with Crippen molar-refractivity contribution in [3.63, 3.8) is 0 Å². The first-order valence-corrected chi connectivity index (χ1v) is 7.90. The van der Waals surface area contributed by atoms with Crippen molar-refractivity contribution in [2.45, 2.75) is 5.92 Å². The Hall–Kier alpha value is -3.29. The molecule has 1 aliphatic heterocycles. The van der Waals surface area contributed by atoms with Crippen LogP contribution in [0.15, 0.2) is 46.1 Å². The van der Waals surface area contributed by atoms with E-state index < -0.39 is 29.1 Å². The molecule has 3 rings (SSSR count). The Bertz CT molecular complexity index is 1030. The van der Waals surface area contributed by atoms with Gasteiger partial charge >= 0.3 is 11.7 Å². The molecule has 0 amide bonds. The van der Waals surface area contributed by atoms with Gasteiger partial charge in [-0.2, -0.15) is 0 Å². The standard InChI is InChI=1S/C18H19N3O5/c1-9-12(17(24)26-4)13(10-6-5-7-11(22)8-10)14-15(19-9)20(2)18(25)21(3)16(14)23/h5-8,12-13,19,22H,1H2,2-4H3. The number of phenols is 1. The normalized spacial score (nSPS) is 18.8. The van der Waals surface area contributed by atoms with E-state index >= 15 is 0 Å². The molecule has 2 aromatic rings. The number of anilines is 1. The van der Waals surface area contributed by atoms with Crippen LogP contribution in [0.5, 0.6) is 5.75 Å². The second-order valence-corrected chi connectivity index (χ2v) is 6.19. The Morgan fingerprint density at radius 1 is 1.27 bits per heavy atom. The molecular weight excluding hydrogens is 338 g/mol. The van der Waals surface area contributed by atoms with Gasteiger partial charge in [-0.05, 0) is 17.7 Å². The van der Waals surface area contributed by atoms with Gasteiger partial charge in [-0.25, -0.2) is 4.79 Å². The molecular formula is C18H19N3O5. The molecule has 0 spiro atoms. The van der Waals surface area contributed by atoms with Gasteiger partial charge in [-0.15, -0.1) is 0 Å². The van der Waals surface area contributed by atoms with Gasteiger partial charge in [0.05, 0.1) is 12.7 Å². The Balaban J connectivity index is 2.40. The van der Waals surface area contributed by atoms with Crippen molar-refractivity contribution in [1.29, 1.82) is 0 Å². The second kappa shape index (κ2) is 6.21.